The molecule has 0 saturated heterocycles. The van der Waals surface area contributed by atoms with Crippen LogP contribution in [0.3, 0.4) is 0 Å². The quantitative estimate of drug-likeness (QED) is 0.622. The monoisotopic (exact) mass is 420 g/mol. The molecule has 4 rings (SSSR count). The van der Waals surface area contributed by atoms with Crippen LogP contribution in [0.5, 0.6) is 11.5 Å². The Balaban J connectivity index is 1.46. The highest BCUT2D eigenvalue weighted by Crippen LogP contribution is 2.34. The van der Waals surface area contributed by atoms with Gasteiger partial charge in [-0.05, 0) is 58.0 Å². The normalized spacial score (nSPS) is 13.0. The van der Waals surface area contributed by atoms with Crippen LogP contribution in [0.15, 0.2) is 48.5 Å². The topological polar surface area (TPSA) is 78.8 Å². The molecule has 0 unspecified atom stereocenters. The minimum absolute atomic E-state index is 0.155. The predicted molar refractivity (Wildman–Crippen MR) is 116 cm³/mol. The van der Waals surface area contributed by atoms with E-state index in [0.717, 1.165) is 22.6 Å². The molecule has 1 aliphatic rings. The average Bonchev–Trinajstić information content (AvgIpc) is 3.32. The highest BCUT2D eigenvalue weighted by atomic mass is 16.7. The molecule has 1 N–H and O–H groups in total. The van der Waals surface area contributed by atoms with Gasteiger partial charge in [-0.15, -0.1) is 0 Å². The van der Waals surface area contributed by atoms with Gasteiger partial charge in [0, 0.05) is 28.8 Å². The average molecular weight is 420 g/mol. The van der Waals surface area contributed by atoms with Gasteiger partial charge in [0.2, 0.25) is 6.79 Å². The second kappa shape index (κ2) is 8.18. The SMILES string of the molecule is Cc1ccc(-n2c(C)cc(C(=O)O[C@@H](C)C(=O)Nc3ccc4c(c3)OCO4)c2C)cc1. The summed E-state index contributed by atoms with van der Waals surface area (Å²) in [6.07, 6.45) is -0.972. The number of carbonyl (C=O) groups excluding carboxylic acids is 2. The lowest BCUT2D eigenvalue weighted by Gasteiger charge is -2.14. The van der Waals surface area contributed by atoms with Crippen molar-refractivity contribution in [2.75, 3.05) is 12.1 Å². The van der Waals surface area contributed by atoms with Gasteiger partial charge in [0.15, 0.2) is 17.6 Å². The second-order valence-corrected chi connectivity index (χ2v) is 7.56. The Kier molecular flexibility index (Phi) is 5.42. The number of aryl methyl sites for hydroxylation is 2. The van der Waals surface area contributed by atoms with Crippen LogP contribution < -0.4 is 14.8 Å². The summed E-state index contributed by atoms with van der Waals surface area (Å²) in [7, 11) is 0. The number of aromatic nitrogens is 1. The molecular formula is C24H24N2O5. The Bertz CT molecular complexity index is 1150. The maximum Gasteiger partial charge on any atom is 0.340 e. The molecule has 1 aromatic heterocycles. The summed E-state index contributed by atoms with van der Waals surface area (Å²) in [5.41, 5.74) is 4.76. The van der Waals surface area contributed by atoms with Crippen LogP contribution in [-0.4, -0.2) is 29.3 Å². The van der Waals surface area contributed by atoms with E-state index in [1.165, 1.54) is 0 Å². The summed E-state index contributed by atoms with van der Waals surface area (Å²) in [5, 5.41) is 2.73. The molecule has 7 heteroatoms. The lowest BCUT2D eigenvalue weighted by atomic mass is 10.2. The summed E-state index contributed by atoms with van der Waals surface area (Å²) >= 11 is 0. The van der Waals surface area contributed by atoms with E-state index in [1.807, 2.05) is 49.6 Å². The highest BCUT2D eigenvalue weighted by Gasteiger charge is 2.24. The van der Waals surface area contributed by atoms with Crippen molar-refractivity contribution in [3.05, 3.63) is 71.0 Å². The van der Waals surface area contributed by atoms with Crippen molar-refractivity contribution in [2.45, 2.75) is 33.8 Å². The van der Waals surface area contributed by atoms with Crippen molar-refractivity contribution in [1.82, 2.24) is 4.57 Å². The first kappa shape index (κ1) is 20.5. The third-order valence-corrected chi connectivity index (χ3v) is 5.24. The first-order valence-electron chi connectivity index (χ1n) is 10.0. The molecule has 0 saturated carbocycles. The van der Waals surface area contributed by atoms with Crippen molar-refractivity contribution in [3.63, 3.8) is 0 Å². The third kappa shape index (κ3) is 4.12. The molecule has 0 radical (unpaired) electrons. The Morgan fingerprint density at radius 3 is 2.45 bits per heavy atom. The smallest absolute Gasteiger partial charge is 0.340 e. The first-order chi connectivity index (χ1) is 14.8. The number of nitrogens with zero attached hydrogens (tertiary/aromatic N) is 1. The number of nitrogens with one attached hydrogen (secondary N) is 1. The van der Waals surface area contributed by atoms with Crippen LogP contribution in [0.25, 0.3) is 5.69 Å². The molecule has 0 aliphatic carbocycles. The zero-order valence-electron chi connectivity index (χ0n) is 17.9. The van der Waals surface area contributed by atoms with Crippen LogP contribution in [0.4, 0.5) is 5.69 Å². The van der Waals surface area contributed by atoms with Gasteiger partial charge in [-0.2, -0.15) is 0 Å². The number of hydrogen-bond donors (Lipinski definition) is 1. The van der Waals surface area contributed by atoms with Gasteiger partial charge in [-0.25, -0.2) is 4.79 Å². The maximum atomic E-state index is 12.8. The lowest BCUT2D eigenvalue weighted by molar-refractivity contribution is -0.123. The fraction of sp³-hybridized carbons (Fsp3) is 0.250. The van der Waals surface area contributed by atoms with E-state index in [2.05, 4.69) is 5.32 Å². The number of rotatable bonds is 5. The second-order valence-electron chi connectivity index (χ2n) is 7.56. The maximum absolute atomic E-state index is 12.8. The Morgan fingerprint density at radius 2 is 1.71 bits per heavy atom. The Labute approximate surface area is 180 Å². The predicted octanol–water partition coefficient (Wildman–Crippen LogP) is 4.32. The van der Waals surface area contributed by atoms with Gasteiger partial charge in [0.25, 0.3) is 5.91 Å². The molecule has 160 valence electrons. The molecule has 0 fully saturated rings. The minimum Gasteiger partial charge on any atom is -0.454 e. The van der Waals surface area contributed by atoms with E-state index in [-0.39, 0.29) is 6.79 Å². The van der Waals surface area contributed by atoms with Gasteiger partial charge in [0.05, 0.1) is 5.56 Å². The van der Waals surface area contributed by atoms with Crippen LogP contribution in [0.2, 0.25) is 0 Å². The number of hydrogen-bond acceptors (Lipinski definition) is 5. The molecule has 0 bridgehead atoms. The summed E-state index contributed by atoms with van der Waals surface area (Å²) in [6, 6.07) is 14.9. The van der Waals surface area contributed by atoms with Crippen LogP contribution >= 0.6 is 0 Å². The van der Waals surface area contributed by atoms with E-state index in [4.69, 9.17) is 14.2 Å². The van der Waals surface area contributed by atoms with E-state index >= 15 is 0 Å². The minimum atomic E-state index is -0.972. The molecular weight excluding hydrogens is 396 g/mol. The largest absolute Gasteiger partial charge is 0.454 e. The number of ether oxygens (including phenoxy) is 3. The summed E-state index contributed by atoms with van der Waals surface area (Å²) in [5.74, 6) is 0.215. The number of anilines is 1. The summed E-state index contributed by atoms with van der Waals surface area (Å²) in [6.45, 7) is 7.51. The number of esters is 1. The number of benzene rings is 2. The van der Waals surface area contributed by atoms with Crippen molar-refractivity contribution < 1.29 is 23.8 Å². The lowest BCUT2D eigenvalue weighted by Crippen LogP contribution is -2.30. The molecule has 31 heavy (non-hydrogen) atoms. The zero-order chi connectivity index (χ0) is 22.1. The first-order valence-corrected chi connectivity index (χ1v) is 10.0. The molecule has 2 aromatic carbocycles. The van der Waals surface area contributed by atoms with Crippen molar-refractivity contribution in [2.24, 2.45) is 0 Å². The number of carbonyl (C=O) groups is 2. The van der Waals surface area contributed by atoms with Crippen molar-refractivity contribution in [3.8, 4) is 17.2 Å². The van der Waals surface area contributed by atoms with E-state index < -0.39 is 18.0 Å². The van der Waals surface area contributed by atoms with E-state index in [9.17, 15) is 9.59 Å². The van der Waals surface area contributed by atoms with Crippen molar-refractivity contribution >= 4 is 17.6 Å². The van der Waals surface area contributed by atoms with Gasteiger partial charge >= 0.3 is 5.97 Å². The molecule has 0 spiro atoms. The number of fused-ring (bicyclic) bond motifs is 1. The Hall–Kier alpha value is -3.74. The van der Waals surface area contributed by atoms with Crippen LogP contribution in [0.1, 0.15) is 34.2 Å². The third-order valence-electron chi connectivity index (χ3n) is 5.24. The fourth-order valence-electron chi connectivity index (χ4n) is 3.56. The van der Waals surface area contributed by atoms with Gasteiger partial charge < -0.3 is 24.1 Å². The zero-order valence-corrected chi connectivity index (χ0v) is 17.9. The van der Waals surface area contributed by atoms with Gasteiger partial charge in [0.1, 0.15) is 0 Å². The van der Waals surface area contributed by atoms with Gasteiger partial charge in [-0.3, -0.25) is 4.79 Å². The summed E-state index contributed by atoms with van der Waals surface area (Å²) in [4.78, 5) is 25.3. The molecule has 1 aliphatic heterocycles. The fourth-order valence-corrected chi connectivity index (χ4v) is 3.56. The molecule has 7 nitrogen and oxygen atoms in total. The van der Waals surface area contributed by atoms with Crippen LogP contribution in [0, 0.1) is 20.8 Å². The molecule has 2 heterocycles. The number of amides is 1. The molecule has 3 aromatic rings. The van der Waals surface area contributed by atoms with E-state index in [0.29, 0.717) is 22.7 Å². The summed E-state index contributed by atoms with van der Waals surface area (Å²) < 4.78 is 18.0. The van der Waals surface area contributed by atoms with Gasteiger partial charge in [-0.1, -0.05) is 17.7 Å². The standard InChI is InChI=1S/C24H24N2O5/c1-14-5-8-19(9-6-14)26-15(2)11-20(16(26)3)24(28)31-17(4)23(27)25-18-7-10-21-22(12-18)30-13-29-21/h5-12,17H,13H2,1-4H3,(H,25,27)/t17-/m0/s1. The van der Waals surface area contributed by atoms with Crippen LogP contribution in [-0.2, 0) is 9.53 Å². The van der Waals surface area contributed by atoms with E-state index in [1.54, 1.807) is 31.2 Å². The molecule has 1 amide bonds. The van der Waals surface area contributed by atoms with Crippen molar-refractivity contribution in [1.29, 1.82) is 0 Å². The highest BCUT2D eigenvalue weighted by molar-refractivity contribution is 5.98. The Morgan fingerprint density at radius 1 is 1.00 bits per heavy atom. The molecule has 1 atom stereocenters.